The maximum Gasteiger partial charge on any atom is 0.264 e. The largest absolute Gasteiger partial charge is 0.489 e. The van der Waals surface area contributed by atoms with Gasteiger partial charge in [-0.15, -0.1) is 0 Å². The van der Waals surface area contributed by atoms with E-state index in [4.69, 9.17) is 21.1 Å². The molecule has 9 heteroatoms. The van der Waals surface area contributed by atoms with Crippen LogP contribution in [0, 0.1) is 6.92 Å². The molecule has 7 nitrogen and oxygen atoms in total. The highest BCUT2D eigenvalue weighted by molar-refractivity contribution is 7.92. The average Bonchev–Trinajstić information content (AvgIpc) is 2.80. The molecule has 0 aliphatic rings. The minimum atomic E-state index is -3.91. The molecule has 0 bridgehead atoms. The van der Waals surface area contributed by atoms with Crippen molar-refractivity contribution in [3.8, 4) is 5.75 Å². The highest BCUT2D eigenvalue weighted by Crippen LogP contribution is 2.28. The lowest BCUT2D eigenvalue weighted by atomic mass is 10.2. The summed E-state index contributed by atoms with van der Waals surface area (Å²) in [6, 6.07) is 17.8. The van der Waals surface area contributed by atoms with E-state index in [0.29, 0.717) is 35.4 Å². The topological polar surface area (TPSA) is 84.9 Å². The molecule has 3 aromatic rings. The quantitative estimate of drug-likeness (QED) is 0.439. The average molecular weight is 489 g/mol. The van der Waals surface area contributed by atoms with E-state index in [1.54, 1.807) is 43.5 Å². The van der Waals surface area contributed by atoms with Crippen molar-refractivity contribution in [1.29, 1.82) is 0 Å². The number of nitrogens with one attached hydrogen (secondary N) is 1. The minimum absolute atomic E-state index is 0.0156. The summed E-state index contributed by atoms with van der Waals surface area (Å²) in [5, 5.41) is 3.22. The Morgan fingerprint density at radius 2 is 1.79 bits per heavy atom. The first-order chi connectivity index (χ1) is 15.7. The summed E-state index contributed by atoms with van der Waals surface area (Å²) in [7, 11) is -0.900. The van der Waals surface area contributed by atoms with Crippen LogP contribution in [0.15, 0.2) is 71.6 Å². The Hall–Kier alpha value is -3.07. The lowest BCUT2D eigenvalue weighted by Crippen LogP contribution is -2.26. The second kappa shape index (κ2) is 10.7. The number of anilines is 2. The van der Waals surface area contributed by atoms with Gasteiger partial charge < -0.3 is 14.8 Å². The molecule has 3 rings (SSSR count). The number of nitrogens with zero attached hydrogens (tertiary/aromatic N) is 1. The van der Waals surface area contributed by atoms with Gasteiger partial charge in [-0.25, -0.2) is 8.42 Å². The molecule has 0 aromatic heterocycles. The molecular formula is C24H25ClN2O5S. The van der Waals surface area contributed by atoms with E-state index in [1.165, 1.54) is 25.2 Å². The number of ether oxygens (including phenoxy) is 2. The zero-order valence-corrected chi connectivity index (χ0v) is 20.1. The number of carbonyl (C=O) groups is 1. The van der Waals surface area contributed by atoms with Gasteiger partial charge in [-0.05, 0) is 61.0 Å². The van der Waals surface area contributed by atoms with Gasteiger partial charge in [0.2, 0.25) is 0 Å². The van der Waals surface area contributed by atoms with Crippen LogP contribution in [0.3, 0.4) is 0 Å². The molecule has 0 aliphatic heterocycles. The number of hydrogen-bond donors (Lipinski definition) is 1. The molecule has 174 valence electrons. The van der Waals surface area contributed by atoms with E-state index in [9.17, 15) is 13.2 Å². The van der Waals surface area contributed by atoms with Crippen LogP contribution in [0.4, 0.5) is 11.4 Å². The van der Waals surface area contributed by atoms with Crippen LogP contribution >= 0.6 is 11.6 Å². The fourth-order valence-electron chi connectivity index (χ4n) is 3.05. The van der Waals surface area contributed by atoms with Crippen molar-refractivity contribution in [1.82, 2.24) is 0 Å². The molecule has 0 aliphatic carbocycles. The first-order valence-corrected chi connectivity index (χ1v) is 11.9. The molecule has 0 atom stereocenters. The Morgan fingerprint density at radius 1 is 1.03 bits per heavy atom. The van der Waals surface area contributed by atoms with E-state index in [-0.39, 0.29) is 10.5 Å². The number of halogens is 1. The SMILES string of the molecule is COCCOc1cc(C)ccc1NC(=O)c1cccc(S(=O)(=O)N(C)c2cccc(Cl)c2)c1. The summed E-state index contributed by atoms with van der Waals surface area (Å²) in [5.74, 6) is 0.0442. The molecule has 0 spiro atoms. The van der Waals surface area contributed by atoms with Gasteiger partial charge in [0, 0.05) is 24.7 Å². The third-order valence-electron chi connectivity index (χ3n) is 4.86. The number of hydrogen-bond acceptors (Lipinski definition) is 5. The standard InChI is InChI=1S/C24H25ClN2O5S/c1-17-10-11-22(23(14-17)32-13-12-31-3)26-24(28)18-6-4-9-21(15-18)33(29,30)27(2)20-8-5-7-19(25)16-20/h4-11,14-16H,12-13H2,1-3H3,(H,26,28). The Bertz CT molecular complexity index is 1250. The van der Waals surface area contributed by atoms with Gasteiger partial charge in [0.1, 0.15) is 12.4 Å². The lowest BCUT2D eigenvalue weighted by Gasteiger charge is -2.20. The zero-order chi connectivity index (χ0) is 24.0. The second-order valence-corrected chi connectivity index (χ2v) is 9.68. The molecule has 1 N–H and O–H groups in total. The second-order valence-electron chi connectivity index (χ2n) is 7.28. The van der Waals surface area contributed by atoms with Crippen molar-refractivity contribution in [2.45, 2.75) is 11.8 Å². The van der Waals surface area contributed by atoms with E-state index in [2.05, 4.69) is 5.32 Å². The summed E-state index contributed by atoms with van der Waals surface area (Å²) < 4.78 is 38.1. The number of sulfonamides is 1. The molecule has 0 fully saturated rings. The number of rotatable bonds is 9. The molecule has 0 heterocycles. The molecule has 0 saturated heterocycles. The normalized spacial score (nSPS) is 11.2. The number of benzene rings is 3. The number of carbonyl (C=O) groups excluding carboxylic acids is 1. The molecule has 0 unspecified atom stereocenters. The summed E-state index contributed by atoms with van der Waals surface area (Å²) in [6.45, 7) is 2.65. The molecule has 3 aromatic carbocycles. The van der Waals surface area contributed by atoms with Crippen LogP contribution in [-0.4, -0.2) is 41.7 Å². The lowest BCUT2D eigenvalue weighted by molar-refractivity contribution is 0.102. The van der Waals surface area contributed by atoms with E-state index in [0.717, 1.165) is 9.87 Å². The van der Waals surface area contributed by atoms with Gasteiger partial charge in [-0.2, -0.15) is 0 Å². The summed E-state index contributed by atoms with van der Waals surface area (Å²) in [5.41, 5.74) is 2.05. The van der Waals surface area contributed by atoms with Crippen molar-refractivity contribution >= 4 is 38.9 Å². The zero-order valence-electron chi connectivity index (χ0n) is 18.5. The minimum Gasteiger partial charge on any atom is -0.489 e. The molecular weight excluding hydrogens is 464 g/mol. The smallest absolute Gasteiger partial charge is 0.264 e. The maximum absolute atomic E-state index is 13.1. The van der Waals surface area contributed by atoms with Crippen molar-refractivity contribution < 1.29 is 22.7 Å². The highest BCUT2D eigenvalue weighted by Gasteiger charge is 2.23. The van der Waals surface area contributed by atoms with E-state index >= 15 is 0 Å². The van der Waals surface area contributed by atoms with Crippen LogP contribution in [-0.2, 0) is 14.8 Å². The Morgan fingerprint density at radius 3 is 2.52 bits per heavy atom. The molecule has 0 radical (unpaired) electrons. The highest BCUT2D eigenvalue weighted by atomic mass is 35.5. The fraction of sp³-hybridized carbons (Fsp3) is 0.208. The van der Waals surface area contributed by atoms with Crippen LogP contribution in [0.25, 0.3) is 0 Å². The number of amides is 1. The first-order valence-electron chi connectivity index (χ1n) is 10.1. The summed E-state index contributed by atoms with van der Waals surface area (Å²) in [4.78, 5) is 12.9. The number of methoxy groups -OCH3 is 1. The van der Waals surface area contributed by atoms with Crippen LogP contribution in [0.2, 0.25) is 5.02 Å². The van der Waals surface area contributed by atoms with Gasteiger partial charge in [0.05, 0.1) is 22.9 Å². The van der Waals surface area contributed by atoms with Gasteiger partial charge in [-0.3, -0.25) is 9.10 Å². The summed E-state index contributed by atoms with van der Waals surface area (Å²) in [6.07, 6.45) is 0. The first kappa shape index (κ1) is 24.6. The number of aryl methyl sites for hydroxylation is 1. The van der Waals surface area contributed by atoms with Crippen molar-refractivity contribution in [2.75, 3.05) is 37.0 Å². The van der Waals surface area contributed by atoms with E-state index < -0.39 is 15.9 Å². The van der Waals surface area contributed by atoms with Crippen LogP contribution in [0.1, 0.15) is 15.9 Å². The van der Waals surface area contributed by atoms with Gasteiger partial charge in [0.15, 0.2) is 0 Å². The van der Waals surface area contributed by atoms with Gasteiger partial charge >= 0.3 is 0 Å². The van der Waals surface area contributed by atoms with Crippen molar-refractivity contribution in [3.63, 3.8) is 0 Å². The van der Waals surface area contributed by atoms with Crippen LogP contribution in [0.5, 0.6) is 5.75 Å². The summed E-state index contributed by atoms with van der Waals surface area (Å²) >= 11 is 6.00. The third kappa shape index (κ3) is 6.04. The van der Waals surface area contributed by atoms with Crippen molar-refractivity contribution in [2.24, 2.45) is 0 Å². The molecule has 1 amide bonds. The Labute approximate surface area is 198 Å². The van der Waals surface area contributed by atoms with E-state index in [1.807, 2.05) is 19.1 Å². The maximum atomic E-state index is 13.1. The predicted octanol–water partition coefficient (Wildman–Crippen LogP) is 4.75. The Kier molecular flexibility index (Phi) is 7.97. The van der Waals surface area contributed by atoms with Gasteiger partial charge in [-0.1, -0.05) is 29.8 Å². The monoisotopic (exact) mass is 488 g/mol. The fourth-order valence-corrected chi connectivity index (χ4v) is 4.47. The predicted molar refractivity (Wildman–Crippen MR) is 130 cm³/mol. The van der Waals surface area contributed by atoms with Gasteiger partial charge in [0.25, 0.3) is 15.9 Å². The van der Waals surface area contributed by atoms with Crippen molar-refractivity contribution in [3.05, 3.63) is 82.9 Å². The Balaban J connectivity index is 1.84. The molecule has 0 saturated carbocycles. The molecule has 33 heavy (non-hydrogen) atoms. The third-order valence-corrected chi connectivity index (χ3v) is 6.87. The van der Waals surface area contributed by atoms with Crippen LogP contribution < -0.4 is 14.4 Å².